The molecule has 0 bridgehead atoms. The average molecular weight is 370 g/mol. The highest BCUT2D eigenvalue weighted by Gasteiger charge is 2.37. The van der Waals surface area contributed by atoms with Gasteiger partial charge in [0.1, 0.15) is 6.11 Å². The molecule has 6 heteroatoms. The van der Waals surface area contributed by atoms with Crippen molar-refractivity contribution in [2.24, 2.45) is 0 Å². The van der Waals surface area contributed by atoms with Gasteiger partial charge in [0, 0.05) is 12.6 Å². The lowest BCUT2D eigenvalue weighted by Gasteiger charge is -2.36. The van der Waals surface area contributed by atoms with Gasteiger partial charge < -0.3 is 9.16 Å². The minimum Gasteiger partial charge on any atom is -0.411 e. The number of aromatic nitrogens is 3. The average Bonchev–Trinajstić information content (AvgIpc) is 2.60. The Bertz CT molecular complexity index is 804. The van der Waals surface area contributed by atoms with E-state index in [1.807, 2.05) is 25.1 Å². The molecule has 26 heavy (non-hydrogen) atoms. The molecule has 2 heterocycles. The Kier molecular flexibility index (Phi) is 6.51. The largest absolute Gasteiger partial charge is 0.411 e. The van der Waals surface area contributed by atoms with Gasteiger partial charge in [0.2, 0.25) is 0 Å². The highest BCUT2D eigenvalue weighted by Crippen LogP contribution is 2.37. The molecule has 0 aliphatic heterocycles. The van der Waals surface area contributed by atoms with Gasteiger partial charge in [0.25, 0.3) is 0 Å². The van der Waals surface area contributed by atoms with E-state index in [1.54, 1.807) is 12.3 Å². The van der Waals surface area contributed by atoms with Gasteiger partial charge >= 0.3 is 6.01 Å². The van der Waals surface area contributed by atoms with Gasteiger partial charge in [-0.05, 0) is 36.3 Å². The highest BCUT2D eigenvalue weighted by atomic mass is 28.4. The number of ether oxygens (including phenoxy) is 1. The molecule has 0 atom stereocenters. The van der Waals surface area contributed by atoms with Crippen LogP contribution in [0.2, 0.25) is 18.1 Å². The summed E-state index contributed by atoms with van der Waals surface area (Å²) in [5.74, 6) is 2.83. The van der Waals surface area contributed by atoms with Crippen molar-refractivity contribution >= 4 is 8.32 Å². The summed E-state index contributed by atoms with van der Waals surface area (Å²) < 4.78 is 11.5. The molecule has 0 N–H and O–H groups in total. The van der Waals surface area contributed by atoms with Crippen LogP contribution in [0.1, 0.15) is 39.8 Å². The van der Waals surface area contributed by atoms with Crippen molar-refractivity contribution < 1.29 is 9.16 Å². The third-order valence-electron chi connectivity index (χ3n) is 4.48. The number of hydrogen-bond acceptors (Lipinski definition) is 5. The summed E-state index contributed by atoms with van der Waals surface area (Å²) in [5.41, 5.74) is 2.35. The van der Waals surface area contributed by atoms with Crippen LogP contribution in [-0.4, -0.2) is 23.3 Å². The second-order valence-electron chi connectivity index (χ2n) is 7.52. The molecule has 2 aromatic heterocycles. The first kappa shape index (κ1) is 20.1. The fourth-order valence-corrected chi connectivity index (χ4v) is 2.80. The third-order valence-corrected chi connectivity index (χ3v) is 8.96. The zero-order valence-electron chi connectivity index (χ0n) is 16.5. The minimum absolute atomic E-state index is 0.170. The van der Waals surface area contributed by atoms with Crippen molar-refractivity contribution in [1.29, 1.82) is 0 Å². The number of hydrogen-bond donors (Lipinski definition) is 0. The summed E-state index contributed by atoms with van der Waals surface area (Å²) >= 11 is 0. The molecule has 0 saturated heterocycles. The zero-order valence-corrected chi connectivity index (χ0v) is 17.5. The van der Waals surface area contributed by atoms with Crippen molar-refractivity contribution in [3.8, 4) is 29.4 Å². The Morgan fingerprint density at radius 2 is 1.81 bits per heavy atom. The summed E-state index contributed by atoms with van der Waals surface area (Å²) in [6, 6.07) is 7.89. The molecular weight excluding hydrogens is 342 g/mol. The molecular formula is C20H27N3O2Si. The Morgan fingerprint density at radius 1 is 1.08 bits per heavy atom. The molecule has 0 spiro atoms. The summed E-state index contributed by atoms with van der Waals surface area (Å²) in [6.07, 6.45) is 4.95. The lowest BCUT2D eigenvalue weighted by Crippen LogP contribution is -2.40. The summed E-state index contributed by atoms with van der Waals surface area (Å²) in [6.45, 7) is 13.6. The van der Waals surface area contributed by atoms with E-state index in [4.69, 9.17) is 9.16 Å². The first-order valence-electron chi connectivity index (χ1n) is 8.81. The normalized spacial score (nSPS) is 11.6. The maximum absolute atomic E-state index is 6.26. The van der Waals surface area contributed by atoms with Crippen molar-refractivity contribution in [2.75, 3.05) is 0 Å². The van der Waals surface area contributed by atoms with Crippen molar-refractivity contribution in [3.63, 3.8) is 0 Å². The molecule has 0 saturated carbocycles. The maximum atomic E-state index is 6.26. The van der Waals surface area contributed by atoms with E-state index < -0.39 is 8.32 Å². The molecule has 0 radical (unpaired) electrons. The lowest BCUT2D eigenvalue weighted by atomic mass is 10.2. The monoisotopic (exact) mass is 369 g/mol. The molecule has 138 valence electrons. The second-order valence-corrected chi connectivity index (χ2v) is 12.3. The van der Waals surface area contributed by atoms with Gasteiger partial charge in [-0.25, -0.2) is 9.97 Å². The molecule has 5 nitrogen and oxygen atoms in total. The Morgan fingerprint density at radius 3 is 2.50 bits per heavy atom. The standard InChI is InChI=1S/C20H27N3O2Si/c1-7-8-14-24-19-21-13-12-18(23-19)17-11-9-10-16(22-17)15-25-26(5,6)20(2,3)4/h9-13H,7,15H2,1-6H3. The molecule has 0 unspecified atom stereocenters. The van der Waals surface area contributed by atoms with Crippen LogP contribution in [0, 0.1) is 12.0 Å². The quantitative estimate of drug-likeness (QED) is 0.559. The van der Waals surface area contributed by atoms with Gasteiger partial charge in [-0.2, -0.15) is 4.98 Å². The molecule has 0 aliphatic rings. The fraction of sp³-hybridized carbons (Fsp3) is 0.450. The third kappa shape index (κ3) is 5.38. The van der Waals surface area contributed by atoms with Crippen LogP contribution in [0.4, 0.5) is 0 Å². The SMILES string of the molecule is CCC#COc1nccc(-c2cccc(CO[Si](C)(C)C(C)(C)C)n2)n1. The summed E-state index contributed by atoms with van der Waals surface area (Å²) in [4.78, 5) is 13.1. The van der Waals surface area contributed by atoms with Gasteiger partial charge in [0.05, 0.1) is 23.7 Å². The molecule has 0 fully saturated rings. The summed E-state index contributed by atoms with van der Waals surface area (Å²) in [7, 11) is -1.81. The van der Waals surface area contributed by atoms with E-state index in [-0.39, 0.29) is 11.0 Å². The van der Waals surface area contributed by atoms with Crippen LogP contribution in [0.5, 0.6) is 6.01 Å². The number of nitrogens with zero attached hydrogens (tertiary/aromatic N) is 3. The number of rotatable bonds is 5. The van der Waals surface area contributed by atoms with E-state index in [9.17, 15) is 0 Å². The molecule has 0 aliphatic carbocycles. The van der Waals surface area contributed by atoms with Crippen LogP contribution in [0.15, 0.2) is 30.5 Å². The first-order valence-corrected chi connectivity index (χ1v) is 11.7. The minimum atomic E-state index is -1.81. The Labute approximate surface area is 157 Å². The van der Waals surface area contributed by atoms with Crippen LogP contribution in [0.3, 0.4) is 0 Å². The van der Waals surface area contributed by atoms with Gasteiger partial charge in [0.15, 0.2) is 8.32 Å². The molecule has 0 aromatic carbocycles. The van der Waals surface area contributed by atoms with Gasteiger partial charge in [-0.1, -0.05) is 39.7 Å². The van der Waals surface area contributed by atoms with E-state index in [2.05, 4.69) is 60.8 Å². The van der Waals surface area contributed by atoms with E-state index >= 15 is 0 Å². The molecule has 2 aromatic rings. The van der Waals surface area contributed by atoms with Gasteiger partial charge in [-0.15, -0.1) is 0 Å². The second kappa shape index (κ2) is 8.43. The predicted octanol–water partition coefficient (Wildman–Crippen LogP) is 4.81. The van der Waals surface area contributed by atoms with E-state index in [1.165, 1.54) is 0 Å². The van der Waals surface area contributed by atoms with E-state index in [0.717, 1.165) is 17.8 Å². The Hall–Kier alpha value is -2.23. The predicted molar refractivity (Wildman–Crippen MR) is 106 cm³/mol. The van der Waals surface area contributed by atoms with Crippen LogP contribution < -0.4 is 4.74 Å². The van der Waals surface area contributed by atoms with Crippen LogP contribution in [-0.2, 0) is 11.0 Å². The van der Waals surface area contributed by atoms with Crippen LogP contribution in [0.25, 0.3) is 11.4 Å². The van der Waals surface area contributed by atoms with Gasteiger partial charge in [-0.3, -0.25) is 0 Å². The zero-order chi connectivity index (χ0) is 19.2. The van der Waals surface area contributed by atoms with Crippen molar-refractivity contribution in [2.45, 2.75) is 58.9 Å². The highest BCUT2D eigenvalue weighted by molar-refractivity contribution is 6.74. The maximum Gasteiger partial charge on any atom is 0.331 e. The molecule has 0 amide bonds. The van der Waals surface area contributed by atoms with Crippen molar-refractivity contribution in [3.05, 3.63) is 36.2 Å². The number of pyridine rings is 1. The Balaban J connectivity index is 2.15. The van der Waals surface area contributed by atoms with E-state index in [0.29, 0.717) is 12.3 Å². The summed E-state index contributed by atoms with van der Waals surface area (Å²) in [5, 5.41) is 0.170. The topological polar surface area (TPSA) is 57.1 Å². The smallest absolute Gasteiger partial charge is 0.331 e. The van der Waals surface area contributed by atoms with Crippen LogP contribution >= 0.6 is 0 Å². The fourth-order valence-electron chi connectivity index (χ4n) is 1.86. The van der Waals surface area contributed by atoms with Crippen molar-refractivity contribution in [1.82, 2.24) is 15.0 Å². The molecule has 2 rings (SSSR count). The first-order chi connectivity index (χ1) is 12.2. The lowest BCUT2D eigenvalue weighted by molar-refractivity contribution is 0.272.